The smallest absolute Gasteiger partial charge is 0.387 e. The van der Waals surface area contributed by atoms with Crippen molar-refractivity contribution in [1.82, 2.24) is 9.29 Å². The molecule has 0 aliphatic rings. The number of esters is 1. The number of benzene rings is 2. The molecule has 208 valence electrons. The van der Waals surface area contributed by atoms with Crippen molar-refractivity contribution in [2.45, 2.75) is 40.3 Å². The van der Waals surface area contributed by atoms with Gasteiger partial charge in [-0.25, -0.2) is 8.42 Å². The predicted molar refractivity (Wildman–Crippen MR) is 143 cm³/mol. The average molecular weight is 561 g/mol. The van der Waals surface area contributed by atoms with E-state index in [-0.39, 0.29) is 5.75 Å². The van der Waals surface area contributed by atoms with Gasteiger partial charge in [-0.3, -0.25) is 9.59 Å². The Morgan fingerprint density at radius 1 is 1.03 bits per heavy atom. The van der Waals surface area contributed by atoms with Crippen LogP contribution in [0.3, 0.4) is 0 Å². The number of ether oxygens (including phenoxy) is 2. The number of hydrogen-bond donors (Lipinski definition) is 1. The minimum Gasteiger partial charge on any atom is -0.456 e. The first-order chi connectivity index (χ1) is 18.4. The Balaban J connectivity index is 1.68. The maximum Gasteiger partial charge on any atom is 0.387 e. The summed E-state index contributed by atoms with van der Waals surface area (Å²) in [6.07, 6.45) is 1.41. The first-order valence-corrected chi connectivity index (χ1v) is 13.6. The second kappa shape index (κ2) is 12.8. The van der Waals surface area contributed by atoms with Gasteiger partial charge in [-0.05, 0) is 61.7 Å². The van der Waals surface area contributed by atoms with E-state index >= 15 is 0 Å². The summed E-state index contributed by atoms with van der Waals surface area (Å²) in [6.45, 7) is 3.26. The van der Waals surface area contributed by atoms with Crippen LogP contribution >= 0.6 is 0 Å². The Morgan fingerprint density at radius 2 is 1.67 bits per heavy atom. The number of rotatable bonds is 12. The van der Waals surface area contributed by atoms with Crippen molar-refractivity contribution in [3.05, 3.63) is 88.6 Å². The molecule has 1 N–H and O–H groups in total. The van der Waals surface area contributed by atoms with Crippen LogP contribution in [0.15, 0.2) is 66.1 Å². The molecule has 3 rings (SSSR count). The Kier molecular flexibility index (Phi) is 9.76. The zero-order valence-electron chi connectivity index (χ0n) is 21.9. The summed E-state index contributed by atoms with van der Waals surface area (Å²) < 4.78 is 63.6. The van der Waals surface area contributed by atoms with Crippen LogP contribution in [0.2, 0.25) is 0 Å². The molecule has 0 bridgehead atoms. The molecular formula is C28H30F2N2O6S. The second-order valence-corrected chi connectivity index (χ2v) is 10.7. The van der Waals surface area contributed by atoms with Crippen LogP contribution in [0.1, 0.15) is 41.2 Å². The van der Waals surface area contributed by atoms with E-state index in [0.717, 1.165) is 5.41 Å². The molecule has 0 aliphatic heterocycles. The van der Waals surface area contributed by atoms with Crippen molar-refractivity contribution < 1.29 is 36.3 Å². The molecule has 39 heavy (non-hydrogen) atoms. The number of hydrogen-bond acceptors (Lipinski definition) is 6. The SMILES string of the molecule is Cc1cc(C(=O)COC(=O)[C@@H](NS(=O)(=O)C=Cc2ccccc2)C(C)C)c(C)n1-c1ccc(OC(F)F)cc1. The van der Waals surface area contributed by atoms with Gasteiger partial charge in [0.25, 0.3) is 0 Å². The third kappa shape index (κ3) is 8.08. The van der Waals surface area contributed by atoms with E-state index in [1.54, 1.807) is 80.8 Å². The summed E-state index contributed by atoms with van der Waals surface area (Å²) in [7, 11) is -3.98. The molecule has 1 heterocycles. The number of alkyl halides is 2. The molecule has 1 atom stereocenters. The Morgan fingerprint density at radius 3 is 2.26 bits per heavy atom. The molecule has 0 unspecified atom stereocenters. The highest BCUT2D eigenvalue weighted by Gasteiger charge is 2.29. The molecular weight excluding hydrogens is 530 g/mol. The van der Waals surface area contributed by atoms with E-state index in [1.165, 1.54) is 18.2 Å². The van der Waals surface area contributed by atoms with E-state index in [9.17, 15) is 26.8 Å². The van der Waals surface area contributed by atoms with Gasteiger partial charge in [-0.1, -0.05) is 44.2 Å². The predicted octanol–water partition coefficient (Wildman–Crippen LogP) is 5.04. The van der Waals surface area contributed by atoms with Crippen molar-refractivity contribution >= 4 is 27.9 Å². The lowest BCUT2D eigenvalue weighted by atomic mass is 10.1. The number of sulfonamides is 1. The highest BCUT2D eigenvalue weighted by Crippen LogP contribution is 2.24. The van der Waals surface area contributed by atoms with E-state index in [1.807, 2.05) is 0 Å². The van der Waals surface area contributed by atoms with E-state index in [0.29, 0.717) is 28.2 Å². The molecule has 0 saturated heterocycles. The number of Topliss-reactive ketones (excluding diaryl/α,β-unsaturated/α-hetero) is 1. The average Bonchev–Trinajstić information content (AvgIpc) is 3.19. The summed E-state index contributed by atoms with van der Waals surface area (Å²) in [5, 5.41) is 0.969. The van der Waals surface area contributed by atoms with Crippen LogP contribution in [0.25, 0.3) is 11.8 Å². The summed E-state index contributed by atoms with van der Waals surface area (Å²) in [4.78, 5) is 25.7. The van der Waals surface area contributed by atoms with Crippen LogP contribution in [0.4, 0.5) is 8.78 Å². The van der Waals surface area contributed by atoms with Gasteiger partial charge in [0.15, 0.2) is 6.61 Å². The van der Waals surface area contributed by atoms with Crippen LogP contribution in [-0.4, -0.2) is 44.0 Å². The van der Waals surface area contributed by atoms with Crippen LogP contribution in [-0.2, 0) is 19.6 Å². The fourth-order valence-electron chi connectivity index (χ4n) is 3.93. The normalized spacial score (nSPS) is 12.7. The summed E-state index contributed by atoms with van der Waals surface area (Å²) >= 11 is 0. The Bertz CT molecular complexity index is 1430. The fraction of sp³-hybridized carbons (Fsp3) is 0.286. The number of carbonyl (C=O) groups is 2. The van der Waals surface area contributed by atoms with Gasteiger partial charge >= 0.3 is 12.6 Å². The Labute approximate surface area is 226 Å². The van der Waals surface area contributed by atoms with Gasteiger partial charge in [0.05, 0.1) is 0 Å². The fourth-order valence-corrected chi connectivity index (χ4v) is 5.07. The summed E-state index contributed by atoms with van der Waals surface area (Å²) in [6, 6.07) is 15.2. The number of aryl methyl sites for hydroxylation is 1. The Hall–Kier alpha value is -3.83. The maximum atomic E-state index is 12.9. The zero-order chi connectivity index (χ0) is 28.7. The number of nitrogens with zero attached hydrogens (tertiary/aromatic N) is 1. The minimum absolute atomic E-state index is 0.00492. The first kappa shape index (κ1) is 29.7. The zero-order valence-corrected chi connectivity index (χ0v) is 22.7. The van der Waals surface area contributed by atoms with Gasteiger partial charge in [0.1, 0.15) is 11.8 Å². The molecule has 0 fully saturated rings. The van der Waals surface area contributed by atoms with Crippen LogP contribution in [0.5, 0.6) is 5.75 Å². The van der Waals surface area contributed by atoms with Gasteiger partial charge in [0.2, 0.25) is 15.8 Å². The van der Waals surface area contributed by atoms with Crippen LogP contribution < -0.4 is 9.46 Å². The molecule has 0 amide bonds. The van der Waals surface area contributed by atoms with Gasteiger partial charge < -0.3 is 14.0 Å². The quantitative estimate of drug-likeness (QED) is 0.246. The maximum absolute atomic E-state index is 12.9. The van der Waals surface area contributed by atoms with Crippen molar-refractivity contribution in [1.29, 1.82) is 0 Å². The molecule has 0 saturated carbocycles. The minimum atomic E-state index is -3.98. The second-order valence-electron chi connectivity index (χ2n) is 9.12. The number of carbonyl (C=O) groups excluding carboxylic acids is 2. The third-order valence-corrected chi connectivity index (χ3v) is 6.93. The lowest BCUT2D eigenvalue weighted by Crippen LogP contribution is -2.45. The number of nitrogens with one attached hydrogen (secondary N) is 1. The molecule has 0 aliphatic carbocycles. The summed E-state index contributed by atoms with van der Waals surface area (Å²) in [5.74, 6) is -1.80. The first-order valence-electron chi connectivity index (χ1n) is 12.1. The number of aromatic nitrogens is 1. The molecule has 1 aromatic heterocycles. The van der Waals surface area contributed by atoms with Gasteiger partial charge in [-0.15, -0.1) is 0 Å². The van der Waals surface area contributed by atoms with Gasteiger partial charge in [-0.2, -0.15) is 13.5 Å². The molecule has 3 aromatic rings. The highest BCUT2D eigenvalue weighted by atomic mass is 32.2. The van der Waals surface area contributed by atoms with E-state index < -0.39 is 47.0 Å². The van der Waals surface area contributed by atoms with E-state index in [2.05, 4.69) is 9.46 Å². The van der Waals surface area contributed by atoms with Crippen molar-refractivity contribution in [2.24, 2.45) is 5.92 Å². The topological polar surface area (TPSA) is 104 Å². The monoisotopic (exact) mass is 560 g/mol. The molecule has 0 spiro atoms. The summed E-state index contributed by atoms with van der Waals surface area (Å²) in [5.41, 5.74) is 2.86. The highest BCUT2D eigenvalue weighted by molar-refractivity contribution is 7.92. The number of ketones is 1. The van der Waals surface area contributed by atoms with Crippen molar-refractivity contribution in [3.63, 3.8) is 0 Å². The van der Waals surface area contributed by atoms with Crippen molar-refractivity contribution in [3.8, 4) is 11.4 Å². The molecule has 2 aromatic carbocycles. The molecule has 11 heteroatoms. The number of halogens is 2. The van der Waals surface area contributed by atoms with E-state index in [4.69, 9.17) is 4.74 Å². The standard InChI is InChI=1S/C28H30F2N2O6S/c1-18(2)26(31-39(35,36)15-14-21-8-6-5-7-9-21)27(34)37-17-25(33)24-16-19(3)32(20(24)4)22-10-12-23(13-11-22)38-28(29)30/h5-16,18,26,28,31H,17H2,1-4H3/t26-/m0/s1. The largest absolute Gasteiger partial charge is 0.456 e. The molecule has 0 radical (unpaired) electrons. The molecule has 8 nitrogen and oxygen atoms in total. The van der Waals surface area contributed by atoms with Crippen molar-refractivity contribution in [2.75, 3.05) is 6.61 Å². The third-order valence-electron chi connectivity index (χ3n) is 5.85. The van der Waals surface area contributed by atoms with Gasteiger partial charge in [0, 0.05) is 28.0 Å². The lowest BCUT2D eigenvalue weighted by molar-refractivity contribution is -0.145. The van der Waals surface area contributed by atoms with Crippen LogP contribution in [0, 0.1) is 19.8 Å². The lowest BCUT2D eigenvalue weighted by Gasteiger charge is -2.19.